The maximum absolute atomic E-state index is 12.5. The van der Waals surface area contributed by atoms with E-state index in [4.69, 9.17) is 5.73 Å². The maximum Gasteiger partial charge on any atom is 0.265 e. The molecule has 7 nitrogen and oxygen atoms in total. The third-order valence-corrected chi connectivity index (χ3v) is 4.39. The Balaban J connectivity index is 2.13. The number of aryl methyl sites for hydroxylation is 1. The van der Waals surface area contributed by atoms with Gasteiger partial charge in [-0.2, -0.15) is 5.10 Å². The Morgan fingerprint density at radius 3 is 2.76 bits per heavy atom. The molecule has 1 aromatic carbocycles. The van der Waals surface area contributed by atoms with E-state index in [2.05, 4.69) is 14.8 Å². The summed E-state index contributed by atoms with van der Waals surface area (Å²) in [6.07, 6.45) is 3.18. The summed E-state index contributed by atoms with van der Waals surface area (Å²) in [6, 6.07) is 8.01. The smallest absolute Gasteiger partial charge is 0.265 e. The van der Waals surface area contributed by atoms with Gasteiger partial charge in [0.15, 0.2) is 5.82 Å². The Morgan fingerprint density at radius 2 is 2.05 bits per heavy atom. The molecular weight excluding hydrogens is 290 g/mol. The molecule has 0 fully saturated rings. The number of nitrogens with zero attached hydrogens (tertiary/aromatic N) is 3. The Bertz CT molecular complexity index is 917. The van der Waals surface area contributed by atoms with Crippen molar-refractivity contribution >= 4 is 32.4 Å². The minimum Gasteiger partial charge on any atom is -0.398 e. The van der Waals surface area contributed by atoms with Crippen LogP contribution in [0.15, 0.2) is 47.6 Å². The molecule has 108 valence electrons. The lowest BCUT2D eigenvalue weighted by atomic mass is 10.2. The number of pyridine rings is 1. The maximum atomic E-state index is 12.5. The zero-order valence-electron chi connectivity index (χ0n) is 11.2. The highest BCUT2D eigenvalue weighted by Crippen LogP contribution is 2.26. The first kappa shape index (κ1) is 13.4. The average molecular weight is 303 g/mol. The molecular formula is C13H13N5O2S. The number of aromatic nitrogens is 3. The Morgan fingerprint density at radius 1 is 1.24 bits per heavy atom. The van der Waals surface area contributed by atoms with Gasteiger partial charge < -0.3 is 5.73 Å². The normalized spacial score (nSPS) is 11.7. The van der Waals surface area contributed by atoms with Gasteiger partial charge in [-0.05, 0) is 24.3 Å². The number of hydrogen-bond donors (Lipinski definition) is 2. The predicted octanol–water partition coefficient (Wildman–Crippen LogP) is 1.35. The number of nitrogens with two attached hydrogens (primary N) is 1. The van der Waals surface area contributed by atoms with E-state index in [0.29, 0.717) is 16.6 Å². The molecule has 0 aliphatic rings. The lowest BCUT2D eigenvalue weighted by Crippen LogP contribution is -2.14. The standard InChI is InChI=1S/C13H13N5O2S/c1-18-8-6-12(16-18)17-21(19,20)11-5-4-10(14)9-3-2-7-15-13(9)11/h2-8H,14H2,1H3,(H,16,17). The first-order valence-corrected chi connectivity index (χ1v) is 7.61. The monoisotopic (exact) mass is 303 g/mol. The van der Waals surface area contributed by atoms with Crippen LogP contribution in [0.2, 0.25) is 0 Å². The van der Waals surface area contributed by atoms with Gasteiger partial charge in [0.05, 0.1) is 5.52 Å². The molecule has 3 N–H and O–H groups in total. The SMILES string of the molecule is Cn1ccc(NS(=O)(=O)c2ccc(N)c3cccnc23)n1. The van der Waals surface area contributed by atoms with E-state index in [1.807, 2.05) is 0 Å². The molecule has 21 heavy (non-hydrogen) atoms. The van der Waals surface area contributed by atoms with E-state index in [1.54, 1.807) is 37.5 Å². The van der Waals surface area contributed by atoms with Gasteiger partial charge in [0.2, 0.25) is 0 Å². The van der Waals surface area contributed by atoms with Gasteiger partial charge in [-0.3, -0.25) is 14.4 Å². The van der Waals surface area contributed by atoms with Gasteiger partial charge in [-0.1, -0.05) is 0 Å². The Labute approximate surface area is 121 Å². The van der Waals surface area contributed by atoms with Crippen LogP contribution in [0.1, 0.15) is 0 Å². The zero-order chi connectivity index (χ0) is 15.0. The highest BCUT2D eigenvalue weighted by atomic mass is 32.2. The number of hydrogen-bond acceptors (Lipinski definition) is 5. The summed E-state index contributed by atoms with van der Waals surface area (Å²) in [4.78, 5) is 4.20. The summed E-state index contributed by atoms with van der Waals surface area (Å²) in [5, 5.41) is 4.60. The van der Waals surface area contributed by atoms with Crippen LogP contribution in [0.5, 0.6) is 0 Å². The third kappa shape index (κ3) is 2.40. The molecule has 0 spiro atoms. The molecule has 3 aromatic rings. The molecule has 0 bridgehead atoms. The fourth-order valence-corrected chi connectivity index (χ4v) is 3.21. The van der Waals surface area contributed by atoms with Crippen molar-refractivity contribution in [3.63, 3.8) is 0 Å². The molecule has 0 atom stereocenters. The fourth-order valence-electron chi connectivity index (χ4n) is 2.05. The quantitative estimate of drug-likeness (QED) is 0.711. The molecule has 0 saturated carbocycles. The van der Waals surface area contributed by atoms with Crippen molar-refractivity contribution < 1.29 is 8.42 Å². The molecule has 0 amide bonds. The van der Waals surface area contributed by atoms with Crippen molar-refractivity contribution in [3.8, 4) is 0 Å². The molecule has 0 radical (unpaired) electrons. The first-order valence-electron chi connectivity index (χ1n) is 6.13. The number of fused-ring (bicyclic) bond motifs is 1. The van der Waals surface area contributed by atoms with Crippen molar-refractivity contribution in [3.05, 3.63) is 42.7 Å². The number of anilines is 2. The van der Waals surface area contributed by atoms with Gasteiger partial charge in [-0.15, -0.1) is 0 Å². The van der Waals surface area contributed by atoms with Crippen LogP contribution in [0.4, 0.5) is 11.5 Å². The number of nitrogens with one attached hydrogen (secondary N) is 1. The van der Waals surface area contributed by atoms with Crippen molar-refractivity contribution in [2.24, 2.45) is 7.05 Å². The second kappa shape index (κ2) is 4.74. The molecule has 0 saturated heterocycles. The van der Waals surface area contributed by atoms with Crippen LogP contribution in [0, 0.1) is 0 Å². The van der Waals surface area contributed by atoms with E-state index >= 15 is 0 Å². The summed E-state index contributed by atoms with van der Waals surface area (Å²) < 4.78 is 28.9. The Hall–Kier alpha value is -2.61. The van der Waals surface area contributed by atoms with Gasteiger partial charge >= 0.3 is 0 Å². The second-order valence-corrected chi connectivity index (χ2v) is 6.18. The van der Waals surface area contributed by atoms with E-state index in [9.17, 15) is 8.42 Å². The third-order valence-electron chi connectivity index (χ3n) is 3.01. The van der Waals surface area contributed by atoms with E-state index in [1.165, 1.54) is 16.9 Å². The summed E-state index contributed by atoms with van der Waals surface area (Å²) >= 11 is 0. The number of benzene rings is 1. The van der Waals surface area contributed by atoms with Crippen LogP contribution in [0.3, 0.4) is 0 Å². The zero-order valence-corrected chi connectivity index (χ0v) is 12.0. The van der Waals surface area contributed by atoms with Gasteiger partial charge in [-0.25, -0.2) is 8.42 Å². The minimum atomic E-state index is -3.79. The van der Waals surface area contributed by atoms with Crippen LogP contribution in [-0.4, -0.2) is 23.2 Å². The van der Waals surface area contributed by atoms with Crippen molar-refractivity contribution in [1.82, 2.24) is 14.8 Å². The average Bonchev–Trinajstić information content (AvgIpc) is 2.83. The molecule has 0 unspecified atom stereocenters. The van der Waals surface area contributed by atoms with Gasteiger partial charge in [0.25, 0.3) is 10.0 Å². The van der Waals surface area contributed by atoms with E-state index in [-0.39, 0.29) is 10.7 Å². The van der Waals surface area contributed by atoms with Crippen LogP contribution in [0.25, 0.3) is 10.9 Å². The van der Waals surface area contributed by atoms with Crippen molar-refractivity contribution in [2.75, 3.05) is 10.5 Å². The Kier molecular flexibility index (Phi) is 3.02. The number of rotatable bonds is 3. The molecule has 2 heterocycles. The predicted molar refractivity (Wildman–Crippen MR) is 80.2 cm³/mol. The lowest BCUT2D eigenvalue weighted by Gasteiger charge is -2.09. The lowest BCUT2D eigenvalue weighted by molar-refractivity contribution is 0.601. The van der Waals surface area contributed by atoms with Crippen molar-refractivity contribution in [1.29, 1.82) is 0 Å². The molecule has 8 heteroatoms. The minimum absolute atomic E-state index is 0.0675. The van der Waals surface area contributed by atoms with Crippen LogP contribution >= 0.6 is 0 Å². The van der Waals surface area contributed by atoms with Gasteiger partial charge in [0.1, 0.15) is 4.90 Å². The van der Waals surface area contributed by atoms with Crippen LogP contribution < -0.4 is 10.5 Å². The summed E-state index contributed by atoms with van der Waals surface area (Å²) in [5.41, 5.74) is 6.67. The molecule has 0 aliphatic heterocycles. The largest absolute Gasteiger partial charge is 0.398 e. The van der Waals surface area contributed by atoms with Gasteiger partial charge in [0, 0.05) is 36.6 Å². The van der Waals surface area contributed by atoms with Crippen LogP contribution in [-0.2, 0) is 17.1 Å². The second-order valence-electron chi connectivity index (χ2n) is 4.53. The van der Waals surface area contributed by atoms with E-state index in [0.717, 1.165) is 0 Å². The summed E-state index contributed by atoms with van der Waals surface area (Å²) in [7, 11) is -2.08. The van der Waals surface area contributed by atoms with Crippen molar-refractivity contribution in [2.45, 2.75) is 4.90 Å². The fraction of sp³-hybridized carbons (Fsp3) is 0.0769. The topological polar surface area (TPSA) is 103 Å². The number of sulfonamides is 1. The summed E-state index contributed by atoms with van der Waals surface area (Å²) in [5.74, 6) is 0.249. The number of nitrogen functional groups attached to an aromatic ring is 1. The molecule has 2 aromatic heterocycles. The van der Waals surface area contributed by atoms with E-state index < -0.39 is 10.0 Å². The highest BCUT2D eigenvalue weighted by Gasteiger charge is 2.20. The molecule has 0 aliphatic carbocycles. The summed E-state index contributed by atoms with van der Waals surface area (Å²) in [6.45, 7) is 0. The first-order chi connectivity index (χ1) is 9.97. The highest BCUT2D eigenvalue weighted by molar-refractivity contribution is 7.93. The molecule has 3 rings (SSSR count).